The van der Waals surface area contributed by atoms with E-state index in [-0.39, 0.29) is 6.61 Å². The highest BCUT2D eigenvalue weighted by Crippen LogP contribution is 2.14. The van der Waals surface area contributed by atoms with Crippen LogP contribution in [-0.4, -0.2) is 17.9 Å². The number of hydrogen-bond acceptors (Lipinski definition) is 3. The summed E-state index contributed by atoms with van der Waals surface area (Å²) in [6.07, 6.45) is -2.95. The average Bonchev–Trinajstić information content (AvgIpc) is 2.27. The average molecular weight is 229 g/mol. The maximum absolute atomic E-state index is 12.4. The van der Waals surface area contributed by atoms with E-state index in [4.69, 9.17) is 10.5 Å². The summed E-state index contributed by atoms with van der Waals surface area (Å²) in [5.41, 5.74) is 3.61. The molecule has 5 heteroatoms. The third-order valence-corrected chi connectivity index (χ3v) is 2.11. The van der Waals surface area contributed by atoms with Gasteiger partial charge in [0.2, 0.25) is 0 Å². The zero-order chi connectivity index (χ0) is 12.2. The highest BCUT2D eigenvalue weighted by Gasteiger charge is 2.40. The summed E-state index contributed by atoms with van der Waals surface area (Å²) in [6.45, 7) is 0.893. The van der Waals surface area contributed by atoms with Crippen LogP contribution in [0.4, 0.5) is 8.78 Å². The molecule has 0 aliphatic heterocycles. The van der Waals surface area contributed by atoms with Crippen molar-refractivity contribution < 1.29 is 18.3 Å². The summed E-state index contributed by atoms with van der Waals surface area (Å²) in [5, 5.41) is 0. The van der Waals surface area contributed by atoms with Gasteiger partial charge in [0.1, 0.15) is 6.61 Å². The second kappa shape index (κ2) is 5.03. The first-order chi connectivity index (χ1) is 7.44. The molecule has 1 atom stereocenters. The van der Waals surface area contributed by atoms with Crippen LogP contribution in [0, 0.1) is 0 Å². The molecule has 88 valence electrons. The number of carbonyl (C=O) groups is 1. The van der Waals surface area contributed by atoms with Gasteiger partial charge >= 0.3 is 5.97 Å². The molecular weight excluding hydrogens is 216 g/mol. The van der Waals surface area contributed by atoms with E-state index in [1.807, 2.05) is 0 Å². The first kappa shape index (κ1) is 12.6. The lowest BCUT2D eigenvalue weighted by Gasteiger charge is -2.21. The molecule has 16 heavy (non-hydrogen) atoms. The van der Waals surface area contributed by atoms with E-state index < -0.39 is 17.9 Å². The minimum absolute atomic E-state index is 0.0564. The van der Waals surface area contributed by atoms with Crippen molar-refractivity contribution >= 4 is 5.97 Å². The van der Waals surface area contributed by atoms with Crippen LogP contribution >= 0.6 is 0 Å². The predicted molar refractivity (Wildman–Crippen MR) is 54.8 cm³/mol. The zero-order valence-corrected chi connectivity index (χ0v) is 8.82. The van der Waals surface area contributed by atoms with E-state index >= 15 is 0 Å². The molecular formula is C11H13F2NO2. The fourth-order valence-electron chi connectivity index (χ4n) is 0.968. The number of hydrogen-bond donors (Lipinski definition) is 1. The quantitative estimate of drug-likeness (QED) is 0.800. The van der Waals surface area contributed by atoms with Crippen molar-refractivity contribution in [2.45, 2.75) is 25.5 Å². The van der Waals surface area contributed by atoms with Gasteiger partial charge in [0.05, 0.1) is 0 Å². The maximum atomic E-state index is 12.4. The van der Waals surface area contributed by atoms with Crippen LogP contribution < -0.4 is 5.73 Å². The lowest BCUT2D eigenvalue weighted by molar-refractivity contribution is -0.156. The van der Waals surface area contributed by atoms with Gasteiger partial charge in [-0.2, -0.15) is 0 Å². The lowest BCUT2D eigenvalue weighted by Crippen LogP contribution is -2.52. The smallest absolute Gasteiger partial charge is 0.332 e. The number of alkyl halides is 2. The predicted octanol–water partition coefficient (Wildman–Crippen LogP) is 1.71. The lowest BCUT2D eigenvalue weighted by atomic mass is 10.1. The van der Waals surface area contributed by atoms with Crippen LogP contribution in [0.2, 0.25) is 0 Å². The number of halogens is 2. The van der Waals surface area contributed by atoms with Crippen LogP contribution in [0.1, 0.15) is 12.5 Å². The number of rotatable bonds is 4. The van der Waals surface area contributed by atoms with Crippen molar-refractivity contribution in [3.8, 4) is 0 Å². The fraction of sp³-hybridized carbons (Fsp3) is 0.364. The topological polar surface area (TPSA) is 52.3 Å². The summed E-state index contributed by atoms with van der Waals surface area (Å²) < 4.78 is 29.4. The SMILES string of the molecule is CC(N)(C(=O)OCc1ccccc1)C(F)F. The third-order valence-electron chi connectivity index (χ3n) is 2.11. The van der Waals surface area contributed by atoms with Crippen LogP contribution in [-0.2, 0) is 16.1 Å². The Kier molecular flexibility index (Phi) is 3.95. The fourth-order valence-corrected chi connectivity index (χ4v) is 0.968. The number of benzene rings is 1. The molecule has 1 aromatic rings. The molecule has 0 aromatic heterocycles. The molecule has 0 radical (unpaired) electrons. The molecule has 0 saturated carbocycles. The highest BCUT2D eigenvalue weighted by atomic mass is 19.3. The van der Waals surface area contributed by atoms with E-state index in [2.05, 4.69) is 0 Å². The molecule has 2 N–H and O–H groups in total. The number of ether oxygens (including phenoxy) is 1. The highest BCUT2D eigenvalue weighted by molar-refractivity contribution is 5.80. The standard InChI is InChI=1S/C11H13F2NO2/c1-11(14,9(12)13)10(15)16-7-8-5-3-2-4-6-8/h2-6,9H,7,14H2,1H3. The molecule has 1 rings (SSSR count). The van der Waals surface area contributed by atoms with Gasteiger partial charge in [0.25, 0.3) is 6.43 Å². The summed E-state index contributed by atoms with van der Waals surface area (Å²) >= 11 is 0. The van der Waals surface area contributed by atoms with Gasteiger partial charge < -0.3 is 10.5 Å². The Morgan fingerprint density at radius 3 is 2.50 bits per heavy atom. The summed E-state index contributed by atoms with van der Waals surface area (Å²) in [4.78, 5) is 11.3. The first-order valence-corrected chi connectivity index (χ1v) is 4.72. The molecule has 0 aliphatic carbocycles. The molecule has 3 nitrogen and oxygen atoms in total. The van der Waals surface area contributed by atoms with E-state index in [9.17, 15) is 13.6 Å². The normalized spacial score (nSPS) is 14.6. The van der Waals surface area contributed by atoms with Gasteiger partial charge in [-0.25, -0.2) is 13.6 Å². The van der Waals surface area contributed by atoms with Crippen molar-refractivity contribution in [1.82, 2.24) is 0 Å². The Balaban J connectivity index is 2.54. The van der Waals surface area contributed by atoms with E-state index in [1.54, 1.807) is 30.3 Å². The van der Waals surface area contributed by atoms with Gasteiger partial charge in [0.15, 0.2) is 5.54 Å². The molecule has 0 heterocycles. The Morgan fingerprint density at radius 1 is 1.44 bits per heavy atom. The summed E-state index contributed by atoms with van der Waals surface area (Å²) in [5.74, 6) is -1.11. The Morgan fingerprint density at radius 2 is 2.00 bits per heavy atom. The molecule has 0 spiro atoms. The van der Waals surface area contributed by atoms with Crippen molar-refractivity contribution in [2.75, 3.05) is 0 Å². The van der Waals surface area contributed by atoms with Crippen LogP contribution in [0.5, 0.6) is 0 Å². The molecule has 0 saturated heterocycles. The zero-order valence-electron chi connectivity index (χ0n) is 8.82. The van der Waals surface area contributed by atoms with E-state index in [1.165, 1.54) is 0 Å². The van der Waals surface area contributed by atoms with Gasteiger partial charge in [-0.05, 0) is 12.5 Å². The van der Waals surface area contributed by atoms with Crippen LogP contribution in [0.3, 0.4) is 0 Å². The van der Waals surface area contributed by atoms with E-state index in [0.717, 1.165) is 12.5 Å². The molecule has 1 unspecified atom stereocenters. The van der Waals surface area contributed by atoms with Crippen molar-refractivity contribution in [2.24, 2.45) is 5.73 Å². The third kappa shape index (κ3) is 3.00. The van der Waals surface area contributed by atoms with Gasteiger partial charge in [0, 0.05) is 0 Å². The van der Waals surface area contributed by atoms with Gasteiger partial charge in [-0.15, -0.1) is 0 Å². The Labute approximate surface area is 92.2 Å². The van der Waals surface area contributed by atoms with Crippen molar-refractivity contribution in [1.29, 1.82) is 0 Å². The van der Waals surface area contributed by atoms with Gasteiger partial charge in [-0.3, -0.25) is 0 Å². The largest absolute Gasteiger partial charge is 0.459 e. The minimum Gasteiger partial charge on any atom is -0.459 e. The molecule has 1 aromatic carbocycles. The minimum atomic E-state index is -2.95. The number of nitrogens with two attached hydrogens (primary N) is 1. The van der Waals surface area contributed by atoms with Crippen LogP contribution in [0.15, 0.2) is 30.3 Å². The Hall–Kier alpha value is -1.49. The van der Waals surface area contributed by atoms with Crippen molar-refractivity contribution in [3.63, 3.8) is 0 Å². The monoisotopic (exact) mass is 229 g/mol. The second-order valence-corrected chi connectivity index (χ2v) is 3.65. The second-order valence-electron chi connectivity index (χ2n) is 3.65. The maximum Gasteiger partial charge on any atom is 0.332 e. The van der Waals surface area contributed by atoms with Crippen molar-refractivity contribution in [3.05, 3.63) is 35.9 Å². The summed E-state index contributed by atoms with van der Waals surface area (Å²) in [6, 6.07) is 8.78. The molecule has 0 aliphatic rings. The number of carbonyl (C=O) groups excluding carboxylic acids is 1. The number of esters is 1. The molecule has 0 bridgehead atoms. The summed E-state index contributed by atoms with van der Waals surface area (Å²) in [7, 11) is 0. The first-order valence-electron chi connectivity index (χ1n) is 4.72. The molecule has 0 fully saturated rings. The Bertz CT molecular complexity index is 352. The van der Waals surface area contributed by atoms with Gasteiger partial charge in [-0.1, -0.05) is 30.3 Å². The van der Waals surface area contributed by atoms with Crippen LogP contribution in [0.25, 0.3) is 0 Å². The molecule has 0 amide bonds. The van der Waals surface area contributed by atoms with E-state index in [0.29, 0.717) is 0 Å².